The van der Waals surface area contributed by atoms with Crippen molar-refractivity contribution < 1.29 is 38.0 Å². The number of halogens is 1. The lowest BCUT2D eigenvalue weighted by Gasteiger charge is -2.19. The van der Waals surface area contributed by atoms with E-state index in [1.165, 1.54) is 37.2 Å². The topological polar surface area (TPSA) is 210 Å². The molecule has 0 aliphatic carbocycles. The van der Waals surface area contributed by atoms with Gasteiger partial charge >= 0.3 is 0 Å². The molecular weight excluding hydrogens is 676 g/mol. The van der Waals surface area contributed by atoms with Gasteiger partial charge in [-0.25, -0.2) is 9.67 Å². The van der Waals surface area contributed by atoms with Gasteiger partial charge in [-0.2, -0.15) is 5.10 Å². The van der Waals surface area contributed by atoms with Crippen LogP contribution < -0.4 is 25.7 Å². The summed E-state index contributed by atoms with van der Waals surface area (Å²) < 4.78 is 33.2. The zero-order valence-electron chi connectivity index (χ0n) is 28.1. The summed E-state index contributed by atoms with van der Waals surface area (Å²) in [6.07, 6.45) is 1.60. The summed E-state index contributed by atoms with van der Waals surface area (Å²) in [5, 5.41) is 12.8. The Morgan fingerprint density at radius 3 is 2.30 bits per heavy atom. The second-order valence-corrected chi connectivity index (χ2v) is 10.7. The van der Waals surface area contributed by atoms with Gasteiger partial charge in [0, 0.05) is 44.6 Å². The number of methoxy groups -OCH3 is 2. The fraction of sp³-hybridized carbons (Fsp3) is 0.469. The van der Waals surface area contributed by atoms with E-state index in [9.17, 15) is 14.4 Å². The van der Waals surface area contributed by atoms with Gasteiger partial charge in [-0.05, 0) is 22.7 Å². The molecule has 0 spiro atoms. The Labute approximate surface area is 293 Å². The number of azide groups is 1. The van der Waals surface area contributed by atoms with Crippen LogP contribution in [-0.4, -0.2) is 113 Å². The van der Waals surface area contributed by atoms with Crippen LogP contribution in [-0.2, 0) is 37.2 Å². The van der Waals surface area contributed by atoms with Crippen LogP contribution in [0.3, 0.4) is 0 Å². The van der Waals surface area contributed by atoms with Gasteiger partial charge in [-0.1, -0.05) is 41.0 Å². The van der Waals surface area contributed by atoms with Crippen LogP contribution in [0.2, 0.25) is 5.15 Å². The Hall–Kier alpha value is -4.77. The Morgan fingerprint density at radius 1 is 0.980 bits per heavy atom. The van der Waals surface area contributed by atoms with Crippen molar-refractivity contribution in [1.82, 2.24) is 25.4 Å². The number of aromatic nitrogens is 3. The van der Waals surface area contributed by atoms with E-state index in [0.717, 1.165) is 5.56 Å². The van der Waals surface area contributed by atoms with E-state index in [1.54, 1.807) is 31.3 Å². The normalized spacial score (nSPS) is 11.4. The van der Waals surface area contributed by atoms with Crippen molar-refractivity contribution in [2.75, 3.05) is 80.2 Å². The number of carbonyl (C=O) groups is 2. The minimum atomic E-state index is -0.974. The van der Waals surface area contributed by atoms with E-state index in [2.05, 4.69) is 30.7 Å². The zero-order valence-corrected chi connectivity index (χ0v) is 28.9. The molecule has 3 rings (SSSR count). The fourth-order valence-electron chi connectivity index (χ4n) is 4.40. The molecule has 0 saturated carbocycles. The van der Waals surface area contributed by atoms with Gasteiger partial charge in [0.25, 0.3) is 11.5 Å². The molecule has 1 atom stereocenters. The fourth-order valence-corrected chi connectivity index (χ4v) is 4.63. The molecule has 2 aromatic heterocycles. The van der Waals surface area contributed by atoms with Crippen molar-refractivity contribution in [3.63, 3.8) is 0 Å². The van der Waals surface area contributed by atoms with Gasteiger partial charge in [0.2, 0.25) is 11.8 Å². The zero-order chi connectivity index (χ0) is 36.1. The lowest BCUT2D eigenvalue weighted by molar-refractivity contribution is -0.123. The number of nitrogens with zero attached hydrogens (tertiary/aromatic N) is 6. The standard InChI is InChI=1S/C32H41ClN8O9/c1-41-32(44)28(26(46-3)21-37-41)23-6-4-22(5-7-23)20-25(31(43)35-10-12-45-2)38-30(42)24-8-9-27(39-29(24)33)50-19-18-49-17-16-48-15-14-47-13-11-36-40-34/h4-9,21,25H,10-20H2,1-3H3,(H,35,43)(H,38,42)/t25-/m0/s1. The predicted octanol–water partition coefficient (Wildman–Crippen LogP) is 2.35. The number of rotatable bonds is 23. The van der Waals surface area contributed by atoms with Gasteiger partial charge in [0.05, 0.1) is 70.7 Å². The minimum Gasteiger partial charge on any atom is -0.494 e. The smallest absolute Gasteiger partial charge is 0.278 e. The number of amides is 2. The van der Waals surface area contributed by atoms with Gasteiger partial charge in [-0.15, -0.1) is 0 Å². The highest BCUT2D eigenvalue weighted by Crippen LogP contribution is 2.26. The minimum absolute atomic E-state index is 0.0554. The van der Waals surface area contributed by atoms with E-state index < -0.39 is 17.9 Å². The molecule has 1 aromatic carbocycles. The molecule has 2 amide bonds. The molecule has 0 aliphatic heterocycles. The molecule has 2 N–H and O–H groups in total. The number of nitrogens with one attached hydrogen (secondary N) is 2. The van der Waals surface area contributed by atoms with Gasteiger partial charge < -0.3 is 39.1 Å². The molecule has 0 unspecified atom stereocenters. The number of aryl methyl sites for hydroxylation is 1. The van der Waals surface area contributed by atoms with Crippen LogP contribution in [0.1, 0.15) is 15.9 Å². The number of hydrogen-bond acceptors (Lipinski definition) is 12. The molecule has 2 heterocycles. The highest BCUT2D eigenvalue weighted by Gasteiger charge is 2.24. The van der Waals surface area contributed by atoms with Crippen LogP contribution >= 0.6 is 11.6 Å². The molecule has 17 nitrogen and oxygen atoms in total. The summed E-state index contributed by atoms with van der Waals surface area (Å²) in [5.41, 5.74) is 9.61. The Kier molecular flexibility index (Phi) is 17.5. The van der Waals surface area contributed by atoms with E-state index in [0.29, 0.717) is 49.9 Å². The monoisotopic (exact) mass is 716 g/mol. The maximum atomic E-state index is 13.3. The van der Waals surface area contributed by atoms with E-state index in [4.69, 9.17) is 45.6 Å². The van der Waals surface area contributed by atoms with E-state index >= 15 is 0 Å². The molecule has 270 valence electrons. The summed E-state index contributed by atoms with van der Waals surface area (Å²) in [5.74, 6) is -0.500. The summed E-state index contributed by atoms with van der Waals surface area (Å²) in [6.45, 7) is 3.08. The number of hydrogen-bond donors (Lipinski definition) is 2. The molecule has 0 aliphatic rings. The second kappa shape index (κ2) is 22.0. The van der Waals surface area contributed by atoms with Crippen LogP contribution in [0.15, 0.2) is 52.5 Å². The van der Waals surface area contributed by atoms with Gasteiger partial charge in [-0.3, -0.25) is 14.4 Å². The Balaban J connectivity index is 1.54. The first-order valence-electron chi connectivity index (χ1n) is 15.6. The third-order valence-electron chi connectivity index (χ3n) is 6.92. The highest BCUT2D eigenvalue weighted by molar-refractivity contribution is 6.32. The largest absolute Gasteiger partial charge is 0.494 e. The average molecular weight is 717 g/mol. The molecule has 0 radical (unpaired) electrons. The SMILES string of the molecule is COCCNC(=O)[C@H](Cc1ccc(-c2c(OC)cnn(C)c2=O)cc1)NC(=O)c1ccc(OCCOCCOCCOCCN=[N+]=[N-])nc1Cl. The Morgan fingerprint density at radius 2 is 1.66 bits per heavy atom. The molecule has 0 fully saturated rings. The maximum absolute atomic E-state index is 13.3. The van der Waals surface area contributed by atoms with Crippen molar-refractivity contribution in [3.05, 3.63) is 79.7 Å². The summed E-state index contributed by atoms with van der Waals surface area (Å²) in [6, 6.07) is 8.99. The number of pyridine rings is 1. The Bertz CT molecular complexity index is 1630. The van der Waals surface area contributed by atoms with Crippen LogP contribution in [0.4, 0.5) is 0 Å². The average Bonchev–Trinajstić information content (AvgIpc) is 3.11. The second-order valence-electron chi connectivity index (χ2n) is 10.4. The molecule has 18 heteroatoms. The van der Waals surface area contributed by atoms with Crippen molar-refractivity contribution in [2.45, 2.75) is 12.5 Å². The first kappa shape index (κ1) is 39.7. The first-order valence-corrected chi connectivity index (χ1v) is 16.0. The molecule has 0 bridgehead atoms. The van der Waals surface area contributed by atoms with Crippen LogP contribution in [0.25, 0.3) is 21.6 Å². The van der Waals surface area contributed by atoms with Crippen molar-refractivity contribution in [2.24, 2.45) is 12.2 Å². The molecule has 3 aromatic rings. The quantitative estimate of drug-likeness (QED) is 0.0478. The third kappa shape index (κ3) is 12.9. The summed E-state index contributed by atoms with van der Waals surface area (Å²) in [7, 11) is 4.52. The highest BCUT2D eigenvalue weighted by atomic mass is 35.5. The predicted molar refractivity (Wildman–Crippen MR) is 183 cm³/mol. The van der Waals surface area contributed by atoms with Crippen molar-refractivity contribution in [3.8, 4) is 22.8 Å². The molecular formula is C32H41ClN8O9. The lowest BCUT2D eigenvalue weighted by Crippen LogP contribution is -2.48. The lowest BCUT2D eigenvalue weighted by atomic mass is 10.0. The maximum Gasteiger partial charge on any atom is 0.278 e. The first-order chi connectivity index (χ1) is 24.3. The number of benzene rings is 1. The van der Waals surface area contributed by atoms with Gasteiger partial charge in [0.1, 0.15) is 17.8 Å². The van der Waals surface area contributed by atoms with Gasteiger partial charge in [0.15, 0.2) is 5.75 Å². The number of carbonyl (C=O) groups excluding carboxylic acids is 2. The molecule has 50 heavy (non-hydrogen) atoms. The summed E-state index contributed by atoms with van der Waals surface area (Å²) in [4.78, 5) is 46.0. The van der Waals surface area contributed by atoms with Crippen LogP contribution in [0.5, 0.6) is 11.6 Å². The van der Waals surface area contributed by atoms with Crippen LogP contribution in [0, 0.1) is 0 Å². The molecule has 0 saturated heterocycles. The van der Waals surface area contributed by atoms with Crippen molar-refractivity contribution >= 4 is 23.4 Å². The summed E-state index contributed by atoms with van der Waals surface area (Å²) >= 11 is 6.34. The van der Waals surface area contributed by atoms with E-state index in [-0.39, 0.29) is 61.5 Å². The van der Waals surface area contributed by atoms with Crippen molar-refractivity contribution in [1.29, 1.82) is 0 Å². The third-order valence-corrected chi connectivity index (χ3v) is 7.21. The van der Waals surface area contributed by atoms with E-state index in [1.807, 2.05) is 0 Å². The number of ether oxygens (including phenoxy) is 6.